The van der Waals surface area contributed by atoms with Gasteiger partial charge in [0.15, 0.2) is 18.9 Å². The number of hydrogen-bond acceptors (Lipinski definition) is 18. The monoisotopic (exact) mass is 933 g/mol. The molecule has 376 valence electrons. The van der Waals surface area contributed by atoms with E-state index < -0.39 is 145 Å². The number of aliphatic hydroxyl groups excluding tert-OH is 12. The van der Waals surface area contributed by atoms with E-state index in [1.54, 1.807) is 0 Å². The maximum Gasteiger partial charge on any atom is 0.187 e. The lowest BCUT2D eigenvalue weighted by Gasteiger charge is -2.72. The van der Waals surface area contributed by atoms with E-state index in [4.69, 9.17) is 28.4 Å². The van der Waals surface area contributed by atoms with Crippen LogP contribution in [0.15, 0.2) is 11.6 Å². The highest BCUT2D eigenvalue weighted by Gasteiger charge is 2.74. The fourth-order valence-electron chi connectivity index (χ4n) is 14.6. The van der Waals surface area contributed by atoms with Crippen LogP contribution in [0.25, 0.3) is 0 Å². The molecule has 0 radical (unpaired) electrons. The van der Waals surface area contributed by atoms with Crippen molar-refractivity contribution in [3.05, 3.63) is 11.6 Å². The fourth-order valence-corrected chi connectivity index (χ4v) is 14.6. The molecular weight excluding hydrogens is 852 g/mol. The number of ether oxygens (including phenoxy) is 6. The van der Waals surface area contributed by atoms with Gasteiger partial charge in [0.05, 0.1) is 43.7 Å². The van der Waals surface area contributed by atoms with E-state index in [0.29, 0.717) is 51.4 Å². The molecule has 4 aliphatic carbocycles. The summed E-state index contributed by atoms with van der Waals surface area (Å²) in [5.41, 5.74) is -2.41. The molecule has 18 nitrogen and oxygen atoms in total. The van der Waals surface area contributed by atoms with E-state index in [-0.39, 0.29) is 30.3 Å². The summed E-state index contributed by atoms with van der Waals surface area (Å²) in [6.45, 7) is 15.0. The van der Waals surface area contributed by atoms with Crippen molar-refractivity contribution < 1.29 is 89.7 Å². The molecule has 0 aromatic carbocycles. The second-order valence-corrected chi connectivity index (χ2v) is 22.6. The zero-order valence-corrected chi connectivity index (χ0v) is 39.3. The van der Waals surface area contributed by atoms with Crippen LogP contribution in [0.1, 0.15) is 107 Å². The summed E-state index contributed by atoms with van der Waals surface area (Å²) >= 11 is 0. The van der Waals surface area contributed by atoms with Crippen molar-refractivity contribution in [1.29, 1.82) is 0 Å². The van der Waals surface area contributed by atoms with Gasteiger partial charge in [-0.25, -0.2) is 0 Å². The fraction of sp³-hybridized carbons (Fsp3) is 0.957. The van der Waals surface area contributed by atoms with Gasteiger partial charge in [-0.1, -0.05) is 46.3 Å². The predicted molar refractivity (Wildman–Crippen MR) is 229 cm³/mol. The summed E-state index contributed by atoms with van der Waals surface area (Å²) in [5, 5.41) is 131. The summed E-state index contributed by atoms with van der Waals surface area (Å²) < 4.78 is 37.7. The highest BCUT2D eigenvalue weighted by atomic mass is 16.8. The second-order valence-electron chi connectivity index (χ2n) is 22.6. The first kappa shape index (κ1) is 51.9. The number of rotatable bonds is 12. The number of allylic oxidation sites excluding steroid dienone is 2. The molecule has 0 bridgehead atoms. The zero-order valence-electron chi connectivity index (χ0n) is 39.3. The standard InChI is InChI=1S/C47H80O18/c1-21(2)10-9-13-47(8,65-41-37(59)34(56)32(54)26(18-48)62-41)22-11-15-45(6)30(22)23(50)16-28-44(5)14-12-29(52)43(3,4)39(44)25(17-46(28,45)7)61-42-38(35(57)33(55)27(19-49)63-42)64-40-36(58)31(53)24(51)20-60-40/h10,22-42,48-59H,9,11-20H2,1-8H3/t22?,23?,24-,25+,26-,27-,28?,29?,30?,31+,32-,33-,34+,35+,36-,37-,38-,39?,40-,41+,42-,44?,45-,46?,47+/m1/s1. The van der Waals surface area contributed by atoms with Gasteiger partial charge >= 0.3 is 0 Å². The topological polar surface area (TPSA) is 298 Å². The maximum atomic E-state index is 12.7. The molecule has 25 atom stereocenters. The largest absolute Gasteiger partial charge is 0.394 e. The Balaban J connectivity index is 1.27. The molecule has 3 heterocycles. The molecule has 0 amide bonds. The average molecular weight is 933 g/mol. The minimum Gasteiger partial charge on any atom is -0.394 e. The summed E-state index contributed by atoms with van der Waals surface area (Å²) in [7, 11) is 0. The predicted octanol–water partition coefficient (Wildman–Crippen LogP) is -0.417. The third-order valence-corrected chi connectivity index (χ3v) is 18.3. The lowest BCUT2D eigenvalue weighted by molar-refractivity contribution is -0.377. The Hall–Kier alpha value is -0.980. The molecule has 65 heavy (non-hydrogen) atoms. The van der Waals surface area contributed by atoms with Crippen LogP contribution in [0.4, 0.5) is 0 Å². The third-order valence-electron chi connectivity index (χ3n) is 18.3. The quantitative estimate of drug-likeness (QED) is 0.0874. The van der Waals surface area contributed by atoms with Crippen molar-refractivity contribution in [1.82, 2.24) is 0 Å². The van der Waals surface area contributed by atoms with Crippen LogP contribution in [0.5, 0.6) is 0 Å². The maximum absolute atomic E-state index is 12.7. The van der Waals surface area contributed by atoms with Gasteiger partial charge in [0.1, 0.15) is 67.1 Å². The molecule has 7 fully saturated rings. The minimum absolute atomic E-state index is 0.0828. The molecule has 8 unspecified atom stereocenters. The van der Waals surface area contributed by atoms with E-state index in [2.05, 4.69) is 26.8 Å². The Bertz CT molecular complexity index is 1660. The van der Waals surface area contributed by atoms with Crippen molar-refractivity contribution in [3.8, 4) is 0 Å². The average Bonchev–Trinajstić information content (AvgIpc) is 3.63. The lowest BCUT2D eigenvalue weighted by atomic mass is 9.34. The Morgan fingerprint density at radius 2 is 1.31 bits per heavy atom. The third kappa shape index (κ3) is 8.72. The van der Waals surface area contributed by atoms with Crippen LogP contribution >= 0.6 is 0 Å². The van der Waals surface area contributed by atoms with Crippen LogP contribution in [-0.2, 0) is 28.4 Å². The molecule has 7 aliphatic rings. The van der Waals surface area contributed by atoms with Crippen molar-refractivity contribution in [2.45, 2.75) is 217 Å². The first-order valence-corrected chi connectivity index (χ1v) is 23.9. The summed E-state index contributed by atoms with van der Waals surface area (Å²) in [5.74, 6) is -1.11. The second kappa shape index (κ2) is 19.0. The van der Waals surface area contributed by atoms with Crippen LogP contribution in [-0.4, -0.2) is 191 Å². The molecule has 18 heteroatoms. The van der Waals surface area contributed by atoms with Gasteiger partial charge in [-0.15, -0.1) is 0 Å². The van der Waals surface area contributed by atoms with Gasteiger partial charge in [-0.3, -0.25) is 0 Å². The van der Waals surface area contributed by atoms with E-state index in [1.807, 2.05) is 34.6 Å². The van der Waals surface area contributed by atoms with Crippen LogP contribution in [0, 0.1) is 45.3 Å². The molecule has 3 aliphatic heterocycles. The van der Waals surface area contributed by atoms with Gasteiger partial charge in [-0.2, -0.15) is 0 Å². The van der Waals surface area contributed by atoms with Crippen molar-refractivity contribution in [3.63, 3.8) is 0 Å². The molecule has 7 rings (SSSR count). The number of fused-ring (bicyclic) bond motifs is 5. The molecule has 12 N–H and O–H groups in total. The Morgan fingerprint density at radius 3 is 1.94 bits per heavy atom. The SMILES string of the molecule is CC(C)=CCC[C@](C)(O[C@@H]1O[C@H](CO)[C@@H](O)[C@H](O)[C@H]1O)C1CC[C@]2(C)C1C(O)CC1C3(C)CCC(O)C(C)(C)C3[C@@H](O[C@@H]3O[C@H](CO)[C@@H](O)[C@H](O)[C@H]3O[C@H]3OC[C@@H](O)[C@H](O)[C@H]3O)CC12C. The number of hydrogen-bond donors (Lipinski definition) is 12. The van der Waals surface area contributed by atoms with Crippen molar-refractivity contribution in [2.24, 2.45) is 45.3 Å². The van der Waals surface area contributed by atoms with Crippen molar-refractivity contribution in [2.75, 3.05) is 19.8 Å². The van der Waals surface area contributed by atoms with E-state index in [1.165, 1.54) is 0 Å². The summed E-state index contributed by atoms with van der Waals surface area (Å²) in [4.78, 5) is 0. The molecule has 0 spiro atoms. The molecule has 0 aromatic rings. The Morgan fingerprint density at radius 1 is 0.692 bits per heavy atom. The van der Waals surface area contributed by atoms with Gasteiger partial charge < -0.3 is 89.7 Å². The lowest BCUT2D eigenvalue weighted by Crippen LogP contribution is -2.71. The smallest absolute Gasteiger partial charge is 0.187 e. The molecule has 3 saturated heterocycles. The van der Waals surface area contributed by atoms with E-state index in [9.17, 15) is 61.3 Å². The van der Waals surface area contributed by atoms with Crippen LogP contribution in [0.3, 0.4) is 0 Å². The first-order chi connectivity index (χ1) is 30.3. The van der Waals surface area contributed by atoms with Gasteiger partial charge in [0.2, 0.25) is 0 Å². The van der Waals surface area contributed by atoms with Crippen molar-refractivity contribution >= 4 is 0 Å². The normalized spacial score (nSPS) is 53.0. The number of aliphatic hydroxyl groups is 12. The Kier molecular flexibility index (Phi) is 15.1. The van der Waals surface area contributed by atoms with Crippen LogP contribution < -0.4 is 0 Å². The van der Waals surface area contributed by atoms with Gasteiger partial charge in [-0.05, 0) is 117 Å². The summed E-state index contributed by atoms with van der Waals surface area (Å²) in [6, 6.07) is 0. The molecule has 0 aromatic heterocycles. The molecular formula is C47H80O18. The highest BCUT2D eigenvalue weighted by molar-refractivity contribution is 5.22. The summed E-state index contributed by atoms with van der Waals surface area (Å²) in [6.07, 6.45) is -17.2. The minimum atomic E-state index is -1.73. The van der Waals surface area contributed by atoms with Gasteiger partial charge in [0.25, 0.3) is 0 Å². The van der Waals surface area contributed by atoms with Crippen LogP contribution in [0.2, 0.25) is 0 Å². The first-order valence-electron chi connectivity index (χ1n) is 23.9. The van der Waals surface area contributed by atoms with E-state index >= 15 is 0 Å². The zero-order chi connectivity index (χ0) is 47.9. The highest BCUT2D eigenvalue weighted by Crippen LogP contribution is 2.76. The van der Waals surface area contributed by atoms with Gasteiger partial charge in [0, 0.05) is 0 Å². The van der Waals surface area contributed by atoms with E-state index in [0.717, 1.165) is 5.57 Å². The molecule has 4 saturated carbocycles. The Labute approximate surface area is 382 Å².